The van der Waals surface area contributed by atoms with Crippen LogP contribution in [-0.4, -0.2) is 91.5 Å². The van der Waals surface area contributed by atoms with E-state index in [-0.39, 0.29) is 30.6 Å². The predicted octanol–water partition coefficient (Wildman–Crippen LogP) is 3.78. The Morgan fingerprint density at radius 2 is 1.87 bits per heavy atom. The molecule has 204 valence electrons. The number of carbonyl (C=O) groups excluding carboxylic acids is 2. The molecule has 2 aromatic rings. The Bertz CT molecular complexity index is 1150. The molecule has 38 heavy (non-hydrogen) atoms. The minimum Gasteiger partial charge on any atom is -0.496 e. The van der Waals surface area contributed by atoms with Crippen LogP contribution < -0.4 is 10.1 Å². The highest BCUT2D eigenvalue weighted by atomic mass is 35.5. The molecule has 0 saturated carbocycles. The fourth-order valence-corrected chi connectivity index (χ4v) is 4.94. The fourth-order valence-electron chi connectivity index (χ4n) is 4.70. The Kier molecular flexibility index (Phi) is 9.60. The number of carbonyl (C=O) groups is 2. The van der Waals surface area contributed by atoms with Crippen LogP contribution in [-0.2, 0) is 9.53 Å². The minimum atomic E-state index is -0.390. The van der Waals surface area contributed by atoms with Crippen LogP contribution in [0.1, 0.15) is 37.4 Å². The minimum absolute atomic E-state index is 0.0542. The number of hydrazone groups is 1. The molecule has 1 atom stereocenters. The van der Waals surface area contributed by atoms with Crippen molar-refractivity contribution in [2.24, 2.45) is 5.10 Å². The van der Waals surface area contributed by atoms with Gasteiger partial charge in [0.25, 0.3) is 5.91 Å². The largest absolute Gasteiger partial charge is 0.496 e. The second-order valence-corrected chi connectivity index (χ2v) is 10.1. The van der Waals surface area contributed by atoms with E-state index in [4.69, 9.17) is 26.2 Å². The number of halogens is 1. The molecular weight excluding hydrogens is 506 g/mol. The fraction of sp³-hybridized carbons (Fsp3) is 0.464. The number of rotatable bonds is 9. The second-order valence-electron chi connectivity index (χ2n) is 9.71. The van der Waals surface area contributed by atoms with Crippen molar-refractivity contribution in [1.82, 2.24) is 20.1 Å². The molecule has 2 aliphatic heterocycles. The van der Waals surface area contributed by atoms with Crippen molar-refractivity contribution in [2.45, 2.75) is 32.4 Å². The molecule has 2 aromatic carbocycles. The first-order chi connectivity index (χ1) is 18.4. The van der Waals surface area contributed by atoms with Gasteiger partial charge in [-0.25, -0.2) is 9.80 Å². The number of benzene rings is 2. The molecule has 0 radical (unpaired) electrons. The second kappa shape index (κ2) is 13.1. The van der Waals surface area contributed by atoms with E-state index in [1.807, 2.05) is 62.4 Å². The van der Waals surface area contributed by atoms with Crippen LogP contribution >= 0.6 is 11.6 Å². The summed E-state index contributed by atoms with van der Waals surface area (Å²) in [6.07, 6.45) is 0.474. The quantitative estimate of drug-likeness (QED) is 0.522. The van der Waals surface area contributed by atoms with Crippen molar-refractivity contribution in [3.05, 3.63) is 64.7 Å². The summed E-state index contributed by atoms with van der Waals surface area (Å²) in [7, 11) is 1.61. The zero-order valence-electron chi connectivity index (χ0n) is 22.2. The van der Waals surface area contributed by atoms with Gasteiger partial charge in [0, 0.05) is 54.8 Å². The number of para-hydroxylation sites is 1. The van der Waals surface area contributed by atoms with Gasteiger partial charge in [0.2, 0.25) is 0 Å². The summed E-state index contributed by atoms with van der Waals surface area (Å²) < 4.78 is 11.1. The Labute approximate surface area is 229 Å². The monoisotopic (exact) mass is 541 g/mol. The number of hydrogen-bond acceptors (Lipinski definition) is 6. The van der Waals surface area contributed by atoms with Crippen LogP contribution in [0.4, 0.5) is 4.79 Å². The molecule has 2 aliphatic rings. The Balaban J connectivity index is 1.60. The van der Waals surface area contributed by atoms with Gasteiger partial charge in [-0.15, -0.1) is 0 Å². The van der Waals surface area contributed by atoms with Crippen molar-refractivity contribution in [3.8, 4) is 5.75 Å². The van der Waals surface area contributed by atoms with Gasteiger partial charge in [-0.2, -0.15) is 5.10 Å². The Morgan fingerprint density at radius 1 is 1.16 bits per heavy atom. The molecule has 0 unspecified atom stereocenters. The first-order valence-corrected chi connectivity index (χ1v) is 13.4. The summed E-state index contributed by atoms with van der Waals surface area (Å²) in [6.45, 7) is 7.73. The maximum atomic E-state index is 13.8. The molecule has 1 N–H and O–H groups in total. The molecule has 2 heterocycles. The molecule has 4 rings (SSSR count). The van der Waals surface area contributed by atoms with Crippen LogP contribution in [0.15, 0.2) is 53.6 Å². The number of nitrogens with one attached hydrogen (secondary N) is 1. The summed E-state index contributed by atoms with van der Waals surface area (Å²) in [6, 6.07) is 14.4. The topological polar surface area (TPSA) is 86.7 Å². The van der Waals surface area contributed by atoms with E-state index >= 15 is 0 Å². The van der Waals surface area contributed by atoms with E-state index in [0.29, 0.717) is 49.2 Å². The number of ether oxygens (including phenoxy) is 2. The third kappa shape index (κ3) is 6.83. The summed E-state index contributed by atoms with van der Waals surface area (Å²) in [5.74, 6) is 0.400. The number of urea groups is 1. The molecule has 0 aromatic heterocycles. The van der Waals surface area contributed by atoms with Crippen molar-refractivity contribution >= 4 is 29.3 Å². The van der Waals surface area contributed by atoms with E-state index in [9.17, 15) is 9.59 Å². The highest BCUT2D eigenvalue weighted by molar-refractivity contribution is 6.34. The van der Waals surface area contributed by atoms with Crippen molar-refractivity contribution < 1.29 is 19.1 Å². The molecule has 1 saturated heterocycles. The van der Waals surface area contributed by atoms with E-state index < -0.39 is 0 Å². The normalized spacial score (nSPS) is 17.9. The smallest absolute Gasteiger partial charge is 0.318 e. The zero-order valence-corrected chi connectivity index (χ0v) is 23.0. The predicted molar refractivity (Wildman–Crippen MR) is 148 cm³/mol. The number of hydrogen-bond donors (Lipinski definition) is 1. The summed E-state index contributed by atoms with van der Waals surface area (Å²) in [5.41, 5.74) is 2.35. The van der Waals surface area contributed by atoms with E-state index in [1.165, 1.54) is 5.01 Å². The Hall–Kier alpha value is -3.14. The molecule has 0 spiro atoms. The van der Waals surface area contributed by atoms with Gasteiger partial charge in [-0.1, -0.05) is 48.0 Å². The Morgan fingerprint density at radius 3 is 2.58 bits per heavy atom. The van der Waals surface area contributed by atoms with Crippen molar-refractivity contribution in [3.63, 3.8) is 0 Å². The average Bonchev–Trinajstić information content (AvgIpc) is 3.36. The van der Waals surface area contributed by atoms with Crippen LogP contribution in [0, 0.1) is 0 Å². The lowest BCUT2D eigenvalue weighted by molar-refractivity contribution is -0.133. The van der Waals surface area contributed by atoms with Gasteiger partial charge < -0.3 is 19.7 Å². The van der Waals surface area contributed by atoms with E-state index in [2.05, 4.69) is 10.2 Å². The number of morpholine rings is 1. The van der Waals surface area contributed by atoms with Crippen LogP contribution in [0.5, 0.6) is 5.75 Å². The maximum absolute atomic E-state index is 13.8. The first kappa shape index (κ1) is 27.9. The van der Waals surface area contributed by atoms with Crippen LogP contribution in [0.2, 0.25) is 5.02 Å². The van der Waals surface area contributed by atoms with Crippen LogP contribution in [0.3, 0.4) is 0 Å². The van der Waals surface area contributed by atoms with Gasteiger partial charge in [-0.05, 0) is 26.0 Å². The first-order valence-electron chi connectivity index (χ1n) is 13.0. The molecular formula is C28H36ClN5O4. The molecule has 0 aliphatic carbocycles. The highest BCUT2D eigenvalue weighted by Gasteiger charge is 2.36. The van der Waals surface area contributed by atoms with Gasteiger partial charge in [0.1, 0.15) is 12.3 Å². The van der Waals surface area contributed by atoms with E-state index in [1.54, 1.807) is 12.0 Å². The third-order valence-electron chi connectivity index (χ3n) is 6.66. The van der Waals surface area contributed by atoms with Gasteiger partial charge in [0.15, 0.2) is 0 Å². The number of methoxy groups -OCH3 is 1. The lowest BCUT2D eigenvalue weighted by Gasteiger charge is -2.31. The molecule has 1 fully saturated rings. The lowest BCUT2D eigenvalue weighted by atomic mass is 9.97. The molecule has 3 amide bonds. The summed E-state index contributed by atoms with van der Waals surface area (Å²) >= 11 is 6.49. The van der Waals surface area contributed by atoms with Gasteiger partial charge >= 0.3 is 6.03 Å². The number of nitrogens with zero attached hydrogens (tertiary/aromatic N) is 4. The standard InChI is InChI=1S/C28H36ClN5O4/c1-20(2)30-28(36)33(13-12-32-14-16-38-17-15-32)19-27(35)34-25(22-9-5-7-11-26(22)37-3)18-24(31-34)21-8-4-6-10-23(21)29/h4-11,20,25H,12-19H2,1-3H3,(H,30,36)/t25-/m0/s1. The zero-order chi connectivity index (χ0) is 27.1. The summed E-state index contributed by atoms with van der Waals surface area (Å²) in [4.78, 5) is 30.7. The molecule has 0 bridgehead atoms. The molecule has 9 nitrogen and oxygen atoms in total. The SMILES string of the molecule is COc1ccccc1[C@@H]1CC(c2ccccc2Cl)=NN1C(=O)CN(CCN1CCOCC1)C(=O)NC(C)C. The van der Waals surface area contributed by atoms with Crippen molar-refractivity contribution in [2.75, 3.05) is 53.0 Å². The van der Waals surface area contributed by atoms with Crippen molar-refractivity contribution in [1.29, 1.82) is 0 Å². The van der Waals surface area contributed by atoms with E-state index in [0.717, 1.165) is 24.2 Å². The van der Waals surface area contributed by atoms with Gasteiger partial charge in [0.05, 0.1) is 32.1 Å². The summed E-state index contributed by atoms with van der Waals surface area (Å²) in [5, 5.41) is 9.74. The molecule has 10 heteroatoms. The highest BCUT2D eigenvalue weighted by Crippen LogP contribution is 2.38. The van der Waals surface area contributed by atoms with Crippen LogP contribution in [0.25, 0.3) is 0 Å². The maximum Gasteiger partial charge on any atom is 0.318 e. The lowest BCUT2D eigenvalue weighted by Crippen LogP contribution is -2.50. The number of amides is 3. The third-order valence-corrected chi connectivity index (χ3v) is 6.99. The average molecular weight is 542 g/mol. The van der Waals surface area contributed by atoms with Gasteiger partial charge in [-0.3, -0.25) is 9.69 Å².